The van der Waals surface area contributed by atoms with E-state index < -0.39 is 6.10 Å². The first-order valence-electron chi connectivity index (χ1n) is 27.3. The van der Waals surface area contributed by atoms with Gasteiger partial charge >= 0.3 is 17.9 Å². The third-order valence-corrected chi connectivity index (χ3v) is 12.2. The molecule has 0 aliphatic rings. The van der Waals surface area contributed by atoms with Crippen LogP contribution in [0.5, 0.6) is 0 Å². The second-order valence-corrected chi connectivity index (χ2v) is 18.5. The van der Waals surface area contributed by atoms with Crippen molar-refractivity contribution in [3.05, 3.63) is 24.3 Å². The van der Waals surface area contributed by atoms with Gasteiger partial charge in [-0.3, -0.25) is 14.4 Å². The second-order valence-electron chi connectivity index (χ2n) is 18.5. The van der Waals surface area contributed by atoms with Crippen molar-refractivity contribution in [1.82, 2.24) is 0 Å². The molecule has 1 unspecified atom stereocenters. The standard InChI is InChI=1S/C56H104O6/c1-4-7-10-13-16-19-22-25-28-31-34-37-40-43-46-49-55(58)61-52-53(51-60-54(57)48-45-42-39-36-33-30-27-24-21-18-15-12-9-6-3)62-56(59)50-47-44-41-38-35-32-29-26-23-20-17-14-11-8-5-2/h19-20,22-23,53H,4-18,21,24-52H2,1-3H3/b22-19-,23-20-. The molecule has 0 N–H and O–H groups in total. The minimum atomic E-state index is -0.770. The van der Waals surface area contributed by atoms with Gasteiger partial charge in [0.1, 0.15) is 13.2 Å². The van der Waals surface area contributed by atoms with Gasteiger partial charge in [0.15, 0.2) is 6.10 Å². The van der Waals surface area contributed by atoms with Crippen LogP contribution in [-0.4, -0.2) is 37.2 Å². The van der Waals surface area contributed by atoms with Crippen molar-refractivity contribution in [2.24, 2.45) is 0 Å². The Morgan fingerprint density at radius 2 is 0.532 bits per heavy atom. The topological polar surface area (TPSA) is 78.9 Å². The van der Waals surface area contributed by atoms with Gasteiger partial charge < -0.3 is 14.2 Å². The summed E-state index contributed by atoms with van der Waals surface area (Å²) in [7, 11) is 0. The minimum Gasteiger partial charge on any atom is -0.462 e. The Bertz CT molecular complexity index is 1000. The predicted octanol–water partition coefficient (Wildman–Crippen LogP) is 17.9. The zero-order chi connectivity index (χ0) is 45.1. The average molecular weight is 873 g/mol. The molecule has 0 saturated carbocycles. The van der Waals surface area contributed by atoms with Crippen LogP contribution in [0.4, 0.5) is 0 Å². The number of carbonyl (C=O) groups is 3. The van der Waals surface area contributed by atoms with Crippen LogP contribution in [0.2, 0.25) is 0 Å². The van der Waals surface area contributed by atoms with Crippen molar-refractivity contribution in [3.63, 3.8) is 0 Å². The maximum absolute atomic E-state index is 12.8. The van der Waals surface area contributed by atoms with Crippen LogP contribution in [0.3, 0.4) is 0 Å². The molecule has 0 aliphatic heterocycles. The third-order valence-electron chi connectivity index (χ3n) is 12.2. The molecular weight excluding hydrogens is 769 g/mol. The number of ether oxygens (including phenoxy) is 3. The van der Waals surface area contributed by atoms with E-state index in [0.717, 1.165) is 57.8 Å². The molecule has 0 saturated heterocycles. The molecular formula is C56H104O6. The summed E-state index contributed by atoms with van der Waals surface area (Å²) in [5.74, 6) is -0.863. The van der Waals surface area contributed by atoms with Gasteiger partial charge in [0.2, 0.25) is 0 Å². The lowest BCUT2D eigenvalue weighted by Gasteiger charge is -2.18. The van der Waals surface area contributed by atoms with Crippen molar-refractivity contribution >= 4 is 17.9 Å². The molecule has 6 heteroatoms. The molecule has 0 spiro atoms. The number of rotatable bonds is 50. The number of hydrogen-bond acceptors (Lipinski definition) is 6. The third kappa shape index (κ3) is 48.9. The van der Waals surface area contributed by atoms with Crippen molar-refractivity contribution in [1.29, 1.82) is 0 Å². The van der Waals surface area contributed by atoms with E-state index in [1.165, 1.54) is 199 Å². The van der Waals surface area contributed by atoms with Crippen LogP contribution in [0.15, 0.2) is 24.3 Å². The first-order valence-corrected chi connectivity index (χ1v) is 27.3. The van der Waals surface area contributed by atoms with E-state index >= 15 is 0 Å². The Morgan fingerprint density at radius 1 is 0.306 bits per heavy atom. The molecule has 0 aromatic carbocycles. The van der Waals surface area contributed by atoms with Gasteiger partial charge in [-0.2, -0.15) is 0 Å². The lowest BCUT2D eigenvalue weighted by molar-refractivity contribution is -0.167. The first-order chi connectivity index (χ1) is 30.5. The maximum Gasteiger partial charge on any atom is 0.306 e. The number of unbranched alkanes of at least 4 members (excludes halogenated alkanes) is 35. The van der Waals surface area contributed by atoms with Crippen molar-refractivity contribution < 1.29 is 28.6 Å². The van der Waals surface area contributed by atoms with Crippen LogP contribution in [-0.2, 0) is 28.6 Å². The highest BCUT2D eigenvalue weighted by molar-refractivity contribution is 5.71. The Labute approximate surface area is 385 Å². The number of carbonyl (C=O) groups excluding carboxylic acids is 3. The van der Waals surface area contributed by atoms with E-state index in [2.05, 4.69) is 45.1 Å². The lowest BCUT2D eigenvalue weighted by Crippen LogP contribution is -2.30. The number of allylic oxidation sites excluding steroid dienone is 4. The molecule has 0 bridgehead atoms. The normalized spacial score (nSPS) is 12.1. The van der Waals surface area contributed by atoms with Crippen LogP contribution in [0, 0.1) is 0 Å². The largest absolute Gasteiger partial charge is 0.462 e. The van der Waals surface area contributed by atoms with E-state index in [-0.39, 0.29) is 31.1 Å². The fourth-order valence-corrected chi connectivity index (χ4v) is 8.02. The summed E-state index contributed by atoms with van der Waals surface area (Å²) in [5, 5.41) is 0. The van der Waals surface area contributed by atoms with Gasteiger partial charge in [0, 0.05) is 19.3 Å². The Balaban J connectivity index is 4.35. The van der Waals surface area contributed by atoms with Crippen LogP contribution >= 0.6 is 0 Å². The Kier molecular flexibility index (Phi) is 49.8. The molecule has 0 aliphatic carbocycles. The average Bonchev–Trinajstić information content (AvgIpc) is 3.27. The highest BCUT2D eigenvalue weighted by atomic mass is 16.6. The smallest absolute Gasteiger partial charge is 0.306 e. The van der Waals surface area contributed by atoms with Gasteiger partial charge in [-0.05, 0) is 70.6 Å². The SMILES string of the molecule is CCCCCC/C=C\CCCCCCCCCC(=O)OCC(COC(=O)CCCCCCCCCCCCCCCC)OC(=O)CCCCCCCCC/C=C\CCCCCC. The van der Waals surface area contributed by atoms with E-state index in [1.807, 2.05) is 0 Å². The van der Waals surface area contributed by atoms with Gasteiger partial charge in [0.25, 0.3) is 0 Å². The zero-order valence-electron chi connectivity index (χ0n) is 41.7. The fourth-order valence-electron chi connectivity index (χ4n) is 8.02. The van der Waals surface area contributed by atoms with E-state index in [9.17, 15) is 14.4 Å². The molecule has 364 valence electrons. The molecule has 0 aromatic heterocycles. The maximum atomic E-state index is 12.8. The minimum absolute atomic E-state index is 0.0702. The second kappa shape index (κ2) is 51.5. The molecule has 1 atom stereocenters. The predicted molar refractivity (Wildman–Crippen MR) is 266 cm³/mol. The zero-order valence-corrected chi connectivity index (χ0v) is 41.7. The summed E-state index contributed by atoms with van der Waals surface area (Å²) in [6.07, 6.45) is 58.7. The first kappa shape index (κ1) is 59.9. The van der Waals surface area contributed by atoms with Crippen molar-refractivity contribution in [3.8, 4) is 0 Å². The molecule has 6 nitrogen and oxygen atoms in total. The van der Waals surface area contributed by atoms with Crippen molar-refractivity contribution in [2.45, 2.75) is 303 Å². The van der Waals surface area contributed by atoms with Gasteiger partial charge in [-0.15, -0.1) is 0 Å². The van der Waals surface area contributed by atoms with E-state index in [1.54, 1.807) is 0 Å². The molecule has 0 amide bonds. The van der Waals surface area contributed by atoms with Gasteiger partial charge in [-0.25, -0.2) is 0 Å². The molecule has 0 fully saturated rings. The summed E-state index contributed by atoms with van der Waals surface area (Å²) in [6, 6.07) is 0. The molecule has 0 heterocycles. The summed E-state index contributed by atoms with van der Waals surface area (Å²) < 4.78 is 16.8. The van der Waals surface area contributed by atoms with E-state index in [4.69, 9.17) is 14.2 Å². The van der Waals surface area contributed by atoms with Crippen LogP contribution < -0.4 is 0 Å². The highest BCUT2D eigenvalue weighted by Crippen LogP contribution is 2.16. The van der Waals surface area contributed by atoms with Crippen LogP contribution in [0.25, 0.3) is 0 Å². The highest BCUT2D eigenvalue weighted by Gasteiger charge is 2.19. The summed E-state index contributed by atoms with van der Waals surface area (Å²) in [4.78, 5) is 38.0. The van der Waals surface area contributed by atoms with Gasteiger partial charge in [0.05, 0.1) is 0 Å². The lowest BCUT2D eigenvalue weighted by atomic mass is 10.0. The van der Waals surface area contributed by atoms with Crippen LogP contribution in [0.1, 0.15) is 297 Å². The summed E-state index contributed by atoms with van der Waals surface area (Å²) >= 11 is 0. The molecule has 0 rings (SSSR count). The Hall–Kier alpha value is -2.11. The van der Waals surface area contributed by atoms with E-state index in [0.29, 0.717) is 19.3 Å². The Morgan fingerprint density at radius 3 is 0.823 bits per heavy atom. The number of hydrogen-bond donors (Lipinski definition) is 0. The summed E-state index contributed by atoms with van der Waals surface area (Å²) in [6.45, 7) is 6.64. The molecule has 62 heavy (non-hydrogen) atoms. The monoisotopic (exact) mass is 873 g/mol. The molecule has 0 aromatic rings. The molecule has 0 radical (unpaired) electrons. The number of esters is 3. The van der Waals surface area contributed by atoms with Crippen molar-refractivity contribution in [2.75, 3.05) is 13.2 Å². The quantitative estimate of drug-likeness (QED) is 0.0262. The summed E-state index contributed by atoms with van der Waals surface area (Å²) in [5.41, 5.74) is 0. The van der Waals surface area contributed by atoms with Gasteiger partial charge in [-0.1, -0.05) is 231 Å². The fraction of sp³-hybridized carbons (Fsp3) is 0.875.